The van der Waals surface area contributed by atoms with Gasteiger partial charge in [0.25, 0.3) is 5.91 Å². The summed E-state index contributed by atoms with van der Waals surface area (Å²) in [5, 5.41) is 7.46. The minimum absolute atomic E-state index is 0. The van der Waals surface area contributed by atoms with E-state index in [1.165, 1.54) is 24.4 Å². The van der Waals surface area contributed by atoms with Crippen LogP contribution in [0.15, 0.2) is 30.5 Å². The zero-order valence-electron chi connectivity index (χ0n) is 14.0. The Morgan fingerprint density at radius 1 is 1.35 bits per heavy atom. The molecule has 2 heterocycles. The molecule has 0 radical (unpaired) electrons. The van der Waals surface area contributed by atoms with Crippen molar-refractivity contribution in [1.82, 2.24) is 19.9 Å². The fourth-order valence-corrected chi connectivity index (χ4v) is 2.92. The average molecular weight is 390 g/mol. The van der Waals surface area contributed by atoms with E-state index in [0.29, 0.717) is 19.6 Å². The molecule has 26 heavy (non-hydrogen) atoms. The normalized spacial score (nSPS) is 20.1. The lowest BCUT2D eigenvalue weighted by Gasteiger charge is -2.21. The molecule has 0 aliphatic carbocycles. The molecule has 1 amide bonds. The van der Waals surface area contributed by atoms with Crippen molar-refractivity contribution in [3.63, 3.8) is 0 Å². The molecule has 3 rings (SSSR count). The van der Waals surface area contributed by atoms with E-state index in [9.17, 15) is 18.0 Å². The van der Waals surface area contributed by atoms with E-state index in [2.05, 4.69) is 10.3 Å². The number of hydrogen-bond acceptors (Lipinski definition) is 4. The molecule has 2 aromatic rings. The summed E-state index contributed by atoms with van der Waals surface area (Å²) in [6.07, 6.45) is -2.52. The first-order chi connectivity index (χ1) is 11.7. The quantitative estimate of drug-likeness (QED) is 0.875. The highest BCUT2D eigenvalue weighted by molar-refractivity contribution is 5.92. The van der Waals surface area contributed by atoms with E-state index < -0.39 is 11.7 Å². The van der Waals surface area contributed by atoms with E-state index in [1.807, 2.05) is 6.92 Å². The second-order valence-electron chi connectivity index (χ2n) is 6.55. The monoisotopic (exact) mass is 389 g/mol. The first-order valence-electron chi connectivity index (χ1n) is 7.82. The zero-order valence-corrected chi connectivity index (χ0v) is 14.8. The number of carbonyl (C=O) groups excluding carboxylic acids is 1. The van der Waals surface area contributed by atoms with Gasteiger partial charge >= 0.3 is 6.18 Å². The molecule has 1 aromatic heterocycles. The van der Waals surface area contributed by atoms with Crippen LogP contribution in [0.1, 0.15) is 29.4 Å². The molecule has 142 valence electrons. The minimum Gasteiger partial charge on any atom is -0.337 e. The van der Waals surface area contributed by atoms with Crippen LogP contribution in [0.25, 0.3) is 5.69 Å². The topological polar surface area (TPSA) is 77.0 Å². The number of hydrogen-bond donors (Lipinski definition) is 1. The van der Waals surface area contributed by atoms with Crippen LogP contribution in [0.4, 0.5) is 13.2 Å². The maximum atomic E-state index is 13.1. The second kappa shape index (κ2) is 7.24. The highest BCUT2D eigenvalue weighted by Crippen LogP contribution is 2.33. The van der Waals surface area contributed by atoms with Gasteiger partial charge in [0.2, 0.25) is 0 Å². The Balaban J connectivity index is 0.00000243. The first-order valence-corrected chi connectivity index (χ1v) is 7.82. The molecule has 0 saturated carbocycles. The average Bonchev–Trinajstić information content (AvgIpc) is 3.21. The van der Waals surface area contributed by atoms with Crippen LogP contribution in [0.5, 0.6) is 0 Å². The number of carbonyl (C=O) groups is 1. The maximum absolute atomic E-state index is 13.1. The molecule has 1 unspecified atom stereocenters. The molecule has 1 saturated heterocycles. The van der Waals surface area contributed by atoms with Crippen LogP contribution in [-0.2, 0) is 6.18 Å². The van der Waals surface area contributed by atoms with Gasteiger partial charge in [0, 0.05) is 13.1 Å². The van der Waals surface area contributed by atoms with Gasteiger partial charge in [-0.25, -0.2) is 4.68 Å². The lowest BCUT2D eigenvalue weighted by Crippen LogP contribution is -2.34. The molecule has 2 N–H and O–H groups in total. The SMILES string of the molecule is CC1(CN)CCN(C(=O)c2cn(-c3ccccc3C(F)(F)F)nn2)C1.Cl. The van der Waals surface area contributed by atoms with E-state index in [1.54, 1.807) is 4.90 Å². The minimum atomic E-state index is -4.52. The van der Waals surface area contributed by atoms with Crippen LogP contribution < -0.4 is 5.73 Å². The van der Waals surface area contributed by atoms with E-state index in [-0.39, 0.29) is 35.1 Å². The Bertz CT molecular complexity index is 794. The number of nitrogens with zero attached hydrogens (tertiary/aromatic N) is 4. The lowest BCUT2D eigenvalue weighted by atomic mass is 9.90. The molecule has 0 bridgehead atoms. The number of rotatable bonds is 3. The van der Waals surface area contributed by atoms with Gasteiger partial charge in [-0.15, -0.1) is 17.5 Å². The number of alkyl halides is 3. The third-order valence-electron chi connectivity index (χ3n) is 4.51. The van der Waals surface area contributed by atoms with Crippen LogP contribution >= 0.6 is 12.4 Å². The summed E-state index contributed by atoms with van der Waals surface area (Å²) in [5.74, 6) is -0.354. The summed E-state index contributed by atoms with van der Waals surface area (Å²) in [6, 6.07) is 5.02. The number of para-hydroxylation sites is 1. The Morgan fingerprint density at radius 2 is 2.04 bits per heavy atom. The summed E-state index contributed by atoms with van der Waals surface area (Å²) < 4.78 is 40.3. The number of likely N-dealkylation sites (tertiary alicyclic amines) is 1. The molecule has 6 nitrogen and oxygen atoms in total. The van der Waals surface area contributed by atoms with Gasteiger partial charge in [0.15, 0.2) is 5.69 Å². The maximum Gasteiger partial charge on any atom is 0.418 e. The van der Waals surface area contributed by atoms with Gasteiger partial charge < -0.3 is 10.6 Å². The molecule has 1 aliphatic rings. The van der Waals surface area contributed by atoms with Gasteiger partial charge in [0.05, 0.1) is 17.4 Å². The van der Waals surface area contributed by atoms with Gasteiger partial charge in [-0.3, -0.25) is 4.79 Å². The number of halogens is 4. The molecular weight excluding hydrogens is 371 g/mol. The van der Waals surface area contributed by atoms with Crippen molar-refractivity contribution in [2.24, 2.45) is 11.1 Å². The second-order valence-corrected chi connectivity index (χ2v) is 6.55. The molecule has 1 aromatic carbocycles. The summed E-state index contributed by atoms with van der Waals surface area (Å²) in [5.41, 5.74) is 4.59. The third-order valence-corrected chi connectivity index (χ3v) is 4.51. The van der Waals surface area contributed by atoms with Gasteiger partial charge in [-0.05, 0) is 30.5 Å². The highest BCUT2D eigenvalue weighted by Gasteiger charge is 2.37. The smallest absolute Gasteiger partial charge is 0.337 e. The number of benzene rings is 1. The lowest BCUT2D eigenvalue weighted by molar-refractivity contribution is -0.137. The summed E-state index contributed by atoms with van der Waals surface area (Å²) in [6.45, 7) is 3.49. The molecule has 1 aliphatic heterocycles. The van der Waals surface area contributed by atoms with E-state index in [0.717, 1.165) is 17.2 Å². The van der Waals surface area contributed by atoms with Crippen LogP contribution in [0.3, 0.4) is 0 Å². The van der Waals surface area contributed by atoms with Crippen molar-refractivity contribution in [3.05, 3.63) is 41.7 Å². The summed E-state index contributed by atoms with van der Waals surface area (Å²) >= 11 is 0. The van der Waals surface area contributed by atoms with Crippen molar-refractivity contribution < 1.29 is 18.0 Å². The number of amides is 1. The van der Waals surface area contributed by atoms with Crippen molar-refractivity contribution in [2.75, 3.05) is 19.6 Å². The fraction of sp³-hybridized carbons (Fsp3) is 0.438. The van der Waals surface area contributed by atoms with Crippen LogP contribution in [-0.4, -0.2) is 45.4 Å². The largest absolute Gasteiger partial charge is 0.418 e. The molecule has 1 atom stereocenters. The Hall–Kier alpha value is -2.13. The third kappa shape index (κ3) is 3.83. The fourth-order valence-electron chi connectivity index (χ4n) is 2.92. The van der Waals surface area contributed by atoms with E-state index >= 15 is 0 Å². The van der Waals surface area contributed by atoms with Crippen molar-refractivity contribution >= 4 is 18.3 Å². The molecule has 0 spiro atoms. The van der Waals surface area contributed by atoms with Crippen molar-refractivity contribution in [2.45, 2.75) is 19.5 Å². The van der Waals surface area contributed by atoms with E-state index in [4.69, 9.17) is 5.73 Å². The number of aromatic nitrogens is 3. The zero-order chi connectivity index (χ0) is 18.2. The van der Waals surface area contributed by atoms with Crippen molar-refractivity contribution in [3.8, 4) is 5.69 Å². The van der Waals surface area contributed by atoms with Gasteiger partial charge in [-0.1, -0.05) is 24.3 Å². The Morgan fingerprint density at radius 3 is 2.65 bits per heavy atom. The number of nitrogens with two attached hydrogens (primary N) is 1. The summed E-state index contributed by atoms with van der Waals surface area (Å²) in [7, 11) is 0. The van der Waals surface area contributed by atoms with Crippen LogP contribution in [0.2, 0.25) is 0 Å². The van der Waals surface area contributed by atoms with Crippen LogP contribution in [0, 0.1) is 5.41 Å². The first kappa shape index (κ1) is 20.2. The molecule has 1 fully saturated rings. The Labute approximate surface area is 154 Å². The highest BCUT2D eigenvalue weighted by atomic mass is 35.5. The summed E-state index contributed by atoms with van der Waals surface area (Å²) in [4.78, 5) is 14.1. The molecule has 10 heteroatoms. The van der Waals surface area contributed by atoms with Gasteiger partial charge in [0.1, 0.15) is 0 Å². The standard InChI is InChI=1S/C16H18F3N5O.ClH/c1-15(9-20)6-7-23(10-15)14(25)12-8-24(22-21-12)13-5-3-2-4-11(13)16(17,18)19;/h2-5,8H,6-7,9-10,20H2,1H3;1H. The van der Waals surface area contributed by atoms with Crippen molar-refractivity contribution in [1.29, 1.82) is 0 Å². The predicted octanol–water partition coefficient (Wildman–Crippen LogP) is 2.52. The van der Waals surface area contributed by atoms with Gasteiger partial charge in [-0.2, -0.15) is 13.2 Å². The predicted molar refractivity (Wildman–Crippen MR) is 91.3 cm³/mol. The Kier molecular flexibility index (Phi) is 5.62. The molecular formula is C16H19ClF3N5O.